The Morgan fingerprint density at radius 2 is 1.38 bits per heavy atom. The van der Waals surface area contributed by atoms with Crippen molar-refractivity contribution in [1.82, 2.24) is 14.7 Å². The van der Waals surface area contributed by atoms with Gasteiger partial charge in [-0.15, -0.1) is 0 Å². The zero-order chi connectivity index (χ0) is 32.5. The van der Waals surface area contributed by atoms with Gasteiger partial charge in [-0.05, 0) is 87.5 Å². The summed E-state index contributed by atoms with van der Waals surface area (Å²) < 4.78 is 59.8. The second-order valence-electron chi connectivity index (χ2n) is 12.0. The first-order chi connectivity index (χ1) is 21.4. The molecule has 1 aromatic heterocycles. The van der Waals surface area contributed by atoms with Crippen LogP contribution in [0.1, 0.15) is 63.4 Å². The third-order valence-corrected chi connectivity index (χ3v) is 9.98. The number of aliphatic carboxylic acids is 1. The Morgan fingerprint density at radius 1 is 0.822 bits per heavy atom. The van der Waals surface area contributed by atoms with Crippen molar-refractivity contribution in [2.45, 2.75) is 75.8 Å². The van der Waals surface area contributed by atoms with Crippen LogP contribution in [0, 0.1) is 24.7 Å². The summed E-state index contributed by atoms with van der Waals surface area (Å²) in [5.74, 6) is 0.488. The first kappa shape index (κ1) is 34.4. The van der Waals surface area contributed by atoms with Crippen LogP contribution in [0.15, 0.2) is 53.4 Å². The van der Waals surface area contributed by atoms with Crippen molar-refractivity contribution in [2.75, 3.05) is 30.3 Å². The summed E-state index contributed by atoms with van der Waals surface area (Å²) in [6, 6.07) is 15.2. The fourth-order valence-corrected chi connectivity index (χ4v) is 6.94. The Labute approximate surface area is 262 Å². The molecule has 0 radical (unpaired) electrons. The topological polar surface area (TPSA) is 133 Å². The predicted octanol–water partition coefficient (Wildman–Crippen LogP) is 6.76. The van der Waals surface area contributed by atoms with Crippen LogP contribution in [-0.4, -0.2) is 55.3 Å². The van der Waals surface area contributed by atoms with Gasteiger partial charge in [-0.1, -0.05) is 49.1 Å². The van der Waals surface area contributed by atoms with E-state index in [1.54, 1.807) is 12.1 Å². The number of rotatable bonds is 10. The molecule has 2 aliphatic rings. The van der Waals surface area contributed by atoms with E-state index in [0.717, 1.165) is 67.0 Å². The molecular formula is C32H42F3N5O4S. The fraction of sp³-hybridized carbons (Fsp3) is 0.531. The minimum atomic E-state index is -5.08. The highest BCUT2D eigenvalue weighted by Gasteiger charge is 2.38. The third kappa shape index (κ3) is 10.6. The van der Waals surface area contributed by atoms with Gasteiger partial charge in [-0.25, -0.2) is 22.9 Å². The lowest BCUT2D eigenvalue weighted by Gasteiger charge is -2.28. The molecule has 13 heteroatoms. The van der Waals surface area contributed by atoms with E-state index < -0.39 is 22.2 Å². The molecule has 1 heterocycles. The molecule has 246 valence electrons. The number of anilines is 2. The number of fused-ring (bicyclic) bond motifs is 1. The van der Waals surface area contributed by atoms with Crippen molar-refractivity contribution in [3.8, 4) is 0 Å². The number of alkyl halides is 3. The molecule has 3 aromatic rings. The van der Waals surface area contributed by atoms with Gasteiger partial charge >= 0.3 is 12.1 Å². The largest absolute Gasteiger partial charge is 0.490 e. The van der Waals surface area contributed by atoms with Gasteiger partial charge in [0.15, 0.2) is 0 Å². The number of para-hydroxylation sites is 1. The molecule has 9 nitrogen and oxygen atoms in total. The van der Waals surface area contributed by atoms with Crippen molar-refractivity contribution >= 4 is 38.7 Å². The normalized spacial score (nSPS) is 19.4. The molecule has 2 aromatic carbocycles. The zero-order valence-electron chi connectivity index (χ0n) is 25.4. The number of carboxylic acid groups (broad SMARTS) is 1. The number of carboxylic acids is 1. The van der Waals surface area contributed by atoms with Crippen molar-refractivity contribution in [3.63, 3.8) is 0 Å². The second-order valence-corrected chi connectivity index (χ2v) is 13.8. The number of benzene rings is 2. The van der Waals surface area contributed by atoms with E-state index in [2.05, 4.69) is 27.5 Å². The van der Waals surface area contributed by atoms with E-state index in [1.807, 2.05) is 31.2 Å². The molecule has 0 amide bonds. The maximum atomic E-state index is 12.6. The second kappa shape index (κ2) is 15.7. The van der Waals surface area contributed by atoms with Gasteiger partial charge in [-0.3, -0.25) is 0 Å². The molecule has 0 bridgehead atoms. The standard InChI is InChI=1S/C30H41N5O2S.C2HF3O2/c1-22-11-17-26(18-12-22)38(36,37)33-21-25-15-13-24(14-16-25)20-32-30-34-28-10-6-5-9-27(28)29(35-30)31-19-23-7-3-2-4-8-23;3-2(4,5)1(6)7/h5-6,9-12,17-18,23-25,33H,2-4,7-8,13-16,19-21H2,1H3,(H2,31,32,34,35);(H,6,7). The molecule has 0 unspecified atom stereocenters. The molecule has 0 aliphatic heterocycles. The van der Waals surface area contributed by atoms with Gasteiger partial charge in [0.2, 0.25) is 16.0 Å². The Hall–Kier alpha value is -3.45. The third-order valence-electron chi connectivity index (χ3n) is 8.54. The number of halogens is 3. The number of aromatic nitrogens is 2. The summed E-state index contributed by atoms with van der Waals surface area (Å²) >= 11 is 0. The summed E-state index contributed by atoms with van der Waals surface area (Å²) in [6.45, 7) is 4.26. The molecule has 0 spiro atoms. The van der Waals surface area contributed by atoms with E-state index in [9.17, 15) is 21.6 Å². The lowest BCUT2D eigenvalue weighted by molar-refractivity contribution is -0.192. The van der Waals surface area contributed by atoms with Crippen LogP contribution in [0.2, 0.25) is 0 Å². The van der Waals surface area contributed by atoms with Gasteiger partial charge in [0.05, 0.1) is 10.4 Å². The van der Waals surface area contributed by atoms with E-state index in [-0.39, 0.29) is 0 Å². The predicted molar refractivity (Wildman–Crippen MR) is 169 cm³/mol. The minimum absolute atomic E-state index is 0.337. The monoisotopic (exact) mass is 649 g/mol. The SMILES string of the molecule is Cc1ccc(S(=O)(=O)NCC2CCC(CNc3nc(NCC4CCCCC4)c4ccccc4n3)CC2)cc1.O=C(O)C(F)(F)F. The van der Waals surface area contributed by atoms with Crippen LogP contribution in [0.5, 0.6) is 0 Å². The Bertz CT molecular complexity index is 1510. The van der Waals surface area contributed by atoms with Crippen molar-refractivity contribution in [1.29, 1.82) is 0 Å². The maximum Gasteiger partial charge on any atom is 0.490 e. The van der Waals surface area contributed by atoms with Gasteiger partial charge < -0.3 is 15.7 Å². The zero-order valence-corrected chi connectivity index (χ0v) is 26.3. The lowest BCUT2D eigenvalue weighted by Crippen LogP contribution is -2.32. The molecule has 4 N–H and O–H groups in total. The number of carbonyl (C=O) groups is 1. The quantitative estimate of drug-likeness (QED) is 0.189. The summed E-state index contributed by atoms with van der Waals surface area (Å²) in [5.41, 5.74) is 2.01. The molecular weight excluding hydrogens is 607 g/mol. The molecule has 2 aliphatic carbocycles. The van der Waals surface area contributed by atoms with Crippen LogP contribution in [0.3, 0.4) is 0 Å². The highest BCUT2D eigenvalue weighted by molar-refractivity contribution is 7.89. The first-order valence-corrected chi connectivity index (χ1v) is 17.0. The van der Waals surface area contributed by atoms with Gasteiger partial charge in [0.25, 0.3) is 0 Å². The number of nitrogens with one attached hydrogen (secondary N) is 3. The molecule has 5 rings (SSSR count). The molecule has 45 heavy (non-hydrogen) atoms. The summed E-state index contributed by atoms with van der Waals surface area (Å²) in [6.07, 6.45) is 5.76. The average Bonchev–Trinajstić information content (AvgIpc) is 3.03. The van der Waals surface area contributed by atoms with Gasteiger partial charge in [0.1, 0.15) is 5.82 Å². The Balaban J connectivity index is 0.000000591. The van der Waals surface area contributed by atoms with Crippen LogP contribution in [-0.2, 0) is 14.8 Å². The van der Waals surface area contributed by atoms with Crippen LogP contribution in [0.25, 0.3) is 10.9 Å². The number of hydrogen-bond acceptors (Lipinski definition) is 7. The van der Waals surface area contributed by atoms with Gasteiger partial charge in [-0.2, -0.15) is 18.2 Å². The average molecular weight is 650 g/mol. The number of hydrogen-bond donors (Lipinski definition) is 4. The van der Waals surface area contributed by atoms with Crippen molar-refractivity contribution < 1.29 is 31.5 Å². The first-order valence-electron chi connectivity index (χ1n) is 15.5. The van der Waals surface area contributed by atoms with E-state index >= 15 is 0 Å². The summed E-state index contributed by atoms with van der Waals surface area (Å²) in [4.78, 5) is 18.9. The lowest BCUT2D eigenvalue weighted by atomic mass is 9.82. The summed E-state index contributed by atoms with van der Waals surface area (Å²) in [7, 11) is -3.46. The van der Waals surface area contributed by atoms with Crippen molar-refractivity contribution in [3.05, 3.63) is 54.1 Å². The van der Waals surface area contributed by atoms with E-state index in [0.29, 0.717) is 29.2 Å². The van der Waals surface area contributed by atoms with Crippen molar-refractivity contribution in [2.24, 2.45) is 17.8 Å². The molecule has 0 atom stereocenters. The summed E-state index contributed by atoms with van der Waals surface area (Å²) in [5, 5.41) is 15.3. The maximum absolute atomic E-state index is 12.6. The number of aryl methyl sites for hydroxylation is 1. The Kier molecular flexibility index (Phi) is 12.0. The highest BCUT2D eigenvalue weighted by Crippen LogP contribution is 2.30. The van der Waals surface area contributed by atoms with E-state index in [4.69, 9.17) is 19.9 Å². The highest BCUT2D eigenvalue weighted by atomic mass is 32.2. The van der Waals surface area contributed by atoms with Gasteiger partial charge in [0, 0.05) is 25.0 Å². The number of nitrogens with zero attached hydrogens (tertiary/aromatic N) is 2. The molecule has 0 saturated heterocycles. The number of sulfonamides is 1. The Morgan fingerprint density at radius 3 is 2.00 bits per heavy atom. The smallest absolute Gasteiger partial charge is 0.475 e. The molecule has 2 saturated carbocycles. The van der Waals surface area contributed by atoms with Crippen LogP contribution < -0.4 is 15.4 Å². The molecule has 2 fully saturated rings. The minimum Gasteiger partial charge on any atom is -0.475 e. The van der Waals surface area contributed by atoms with E-state index in [1.165, 1.54) is 32.1 Å². The van der Waals surface area contributed by atoms with Crippen LogP contribution in [0.4, 0.5) is 24.9 Å². The van der Waals surface area contributed by atoms with Crippen LogP contribution >= 0.6 is 0 Å². The fourth-order valence-electron chi connectivity index (χ4n) is 5.83.